The minimum Gasteiger partial charge on any atom is -0.465 e. The molecule has 0 saturated carbocycles. The third-order valence-electron chi connectivity index (χ3n) is 3.24. The Hall–Kier alpha value is -1.82. The minimum atomic E-state index is -3.16. The van der Waals surface area contributed by atoms with E-state index in [9.17, 15) is 13.9 Å². The first kappa shape index (κ1) is 16.5. The summed E-state index contributed by atoms with van der Waals surface area (Å²) in [6.07, 6.45) is 0. The molecule has 0 saturated heterocycles. The van der Waals surface area contributed by atoms with Crippen LogP contribution in [0.2, 0.25) is 0 Å². The minimum absolute atomic E-state index is 0.223. The topological polar surface area (TPSA) is 66.8 Å². The number of carbonyl (C=O) groups is 1. The van der Waals surface area contributed by atoms with E-state index in [2.05, 4.69) is 0 Å². The summed E-state index contributed by atoms with van der Waals surface area (Å²) in [5.74, 6) is -1.02. The van der Waals surface area contributed by atoms with Crippen molar-refractivity contribution in [3.8, 4) is 11.1 Å². The summed E-state index contributed by atoms with van der Waals surface area (Å²) in [4.78, 5) is 11.8. The molecule has 0 fully saturated rings. The van der Waals surface area contributed by atoms with Gasteiger partial charge in [0.1, 0.15) is 5.75 Å². The van der Waals surface area contributed by atoms with Crippen LogP contribution < -0.4 is 0 Å². The van der Waals surface area contributed by atoms with Crippen molar-refractivity contribution >= 4 is 16.6 Å². The van der Waals surface area contributed by atoms with Gasteiger partial charge in [-0.15, -0.1) is 0 Å². The Morgan fingerprint density at radius 1 is 1.00 bits per heavy atom. The molecule has 0 heterocycles. The second kappa shape index (κ2) is 6.96. The van der Waals surface area contributed by atoms with E-state index in [1.54, 1.807) is 19.1 Å². The van der Waals surface area contributed by atoms with E-state index in [1.807, 2.05) is 43.3 Å². The zero-order chi connectivity index (χ0) is 16.2. The van der Waals surface area contributed by atoms with Gasteiger partial charge in [-0.1, -0.05) is 42.0 Å². The average molecular weight is 320 g/mol. The van der Waals surface area contributed by atoms with Crippen LogP contribution in [0.15, 0.2) is 53.4 Å². The van der Waals surface area contributed by atoms with Gasteiger partial charge in [0.25, 0.3) is 0 Å². The van der Waals surface area contributed by atoms with Gasteiger partial charge in [-0.25, -0.2) is 0 Å². The predicted molar refractivity (Wildman–Crippen MR) is 89.2 cm³/mol. The van der Waals surface area contributed by atoms with Crippen LogP contribution in [0.3, 0.4) is 0 Å². The molecule has 2 rings (SSSR count). The lowest BCUT2D eigenvalue weighted by molar-refractivity contribution is -0.140. The maximum Gasteiger partial charge on any atom is 0.325 e. The number of benzene rings is 2. The molecule has 2 N–H and O–H groups in total. The van der Waals surface area contributed by atoms with Crippen LogP contribution in [0.5, 0.6) is 0 Å². The summed E-state index contributed by atoms with van der Waals surface area (Å²) in [7, 11) is -3.16. The van der Waals surface area contributed by atoms with Crippen molar-refractivity contribution in [1.82, 2.24) is 0 Å². The zero-order valence-electron chi connectivity index (χ0n) is 12.7. The van der Waals surface area contributed by atoms with E-state index >= 15 is 0 Å². The third-order valence-corrected chi connectivity index (χ3v) is 4.91. The summed E-state index contributed by atoms with van der Waals surface area (Å²) in [5.41, 5.74) is 3.22. The largest absolute Gasteiger partial charge is 0.465 e. The normalized spacial score (nSPS) is 12.0. The molecule has 0 unspecified atom stereocenters. The highest BCUT2D eigenvalue weighted by Gasteiger charge is 2.21. The van der Waals surface area contributed by atoms with Gasteiger partial charge in [-0.05, 0) is 37.1 Å². The monoisotopic (exact) mass is 320 g/mol. The molecule has 0 aliphatic carbocycles. The maximum atomic E-state index is 11.4. The fraction of sp³-hybridized carbons (Fsp3) is 0.235. The molecule has 4 nitrogen and oxygen atoms in total. The van der Waals surface area contributed by atoms with Crippen molar-refractivity contribution in [2.45, 2.75) is 18.7 Å². The van der Waals surface area contributed by atoms with Gasteiger partial charge < -0.3 is 4.74 Å². The van der Waals surface area contributed by atoms with E-state index in [4.69, 9.17) is 4.74 Å². The number of esters is 1. The smallest absolute Gasteiger partial charge is 0.325 e. The van der Waals surface area contributed by atoms with Crippen LogP contribution in [0.4, 0.5) is 0 Å². The molecule has 0 aromatic heterocycles. The number of ether oxygens (including phenoxy) is 1. The summed E-state index contributed by atoms with van der Waals surface area (Å²) < 4.78 is 25.0. The molecule has 0 aliphatic rings. The van der Waals surface area contributed by atoms with Crippen molar-refractivity contribution in [3.05, 3.63) is 54.1 Å². The molecule has 2 aromatic rings. The SMILES string of the molecule is CCOC(=O)CS(O)(O)c1ccc(-c2ccc(C)cc2)cc1. The van der Waals surface area contributed by atoms with Crippen molar-refractivity contribution in [3.63, 3.8) is 0 Å². The summed E-state index contributed by atoms with van der Waals surface area (Å²) in [5, 5.41) is 0. The van der Waals surface area contributed by atoms with Crippen molar-refractivity contribution in [2.75, 3.05) is 12.4 Å². The lowest BCUT2D eigenvalue weighted by Crippen LogP contribution is -2.16. The first-order valence-electron chi connectivity index (χ1n) is 7.01. The predicted octanol–water partition coefficient (Wildman–Crippen LogP) is 4.33. The number of carbonyl (C=O) groups excluding carboxylic acids is 1. The molecule has 0 radical (unpaired) electrons. The summed E-state index contributed by atoms with van der Waals surface area (Å²) in [6.45, 7) is 3.93. The Morgan fingerprint density at radius 3 is 2.00 bits per heavy atom. The van der Waals surface area contributed by atoms with Crippen molar-refractivity contribution in [2.24, 2.45) is 0 Å². The summed E-state index contributed by atoms with van der Waals surface area (Å²) in [6, 6.07) is 15.0. The Bertz CT molecular complexity index is 633. The van der Waals surface area contributed by atoms with Gasteiger partial charge >= 0.3 is 5.97 Å². The number of aryl methyl sites for hydroxylation is 1. The second-order valence-electron chi connectivity index (χ2n) is 5.01. The van der Waals surface area contributed by atoms with Crippen LogP contribution in [-0.4, -0.2) is 27.4 Å². The lowest BCUT2D eigenvalue weighted by atomic mass is 10.0. The number of hydrogen-bond acceptors (Lipinski definition) is 4. The van der Waals surface area contributed by atoms with E-state index in [-0.39, 0.29) is 6.61 Å². The molecule has 0 amide bonds. The first-order valence-corrected chi connectivity index (χ1v) is 8.72. The van der Waals surface area contributed by atoms with E-state index in [1.165, 1.54) is 5.56 Å². The molecule has 118 valence electrons. The highest BCUT2D eigenvalue weighted by Crippen LogP contribution is 2.48. The van der Waals surface area contributed by atoms with E-state index < -0.39 is 22.3 Å². The van der Waals surface area contributed by atoms with Crippen LogP contribution >= 0.6 is 10.6 Å². The van der Waals surface area contributed by atoms with Crippen LogP contribution in [0, 0.1) is 6.92 Å². The Kier molecular flexibility index (Phi) is 5.24. The molecule has 5 heteroatoms. The van der Waals surface area contributed by atoms with Gasteiger partial charge in [0.2, 0.25) is 0 Å². The molecule has 0 spiro atoms. The van der Waals surface area contributed by atoms with Gasteiger partial charge in [0, 0.05) is 0 Å². The Morgan fingerprint density at radius 2 is 1.50 bits per heavy atom. The van der Waals surface area contributed by atoms with Crippen LogP contribution in [0.1, 0.15) is 12.5 Å². The quantitative estimate of drug-likeness (QED) is 0.805. The van der Waals surface area contributed by atoms with Gasteiger partial charge in [-0.3, -0.25) is 13.9 Å². The highest BCUT2D eigenvalue weighted by atomic mass is 32.3. The molecule has 0 atom stereocenters. The molecular formula is C17H20O4S. The van der Waals surface area contributed by atoms with Crippen LogP contribution in [-0.2, 0) is 9.53 Å². The van der Waals surface area contributed by atoms with Crippen molar-refractivity contribution in [1.29, 1.82) is 0 Å². The maximum absolute atomic E-state index is 11.4. The molecule has 2 aromatic carbocycles. The second-order valence-corrected chi connectivity index (χ2v) is 7.10. The fourth-order valence-electron chi connectivity index (χ4n) is 2.06. The van der Waals surface area contributed by atoms with Gasteiger partial charge in [0.05, 0.1) is 11.5 Å². The molecule has 0 bridgehead atoms. The van der Waals surface area contributed by atoms with E-state index in [0.717, 1.165) is 11.1 Å². The molecule has 0 aliphatic heterocycles. The van der Waals surface area contributed by atoms with Gasteiger partial charge in [-0.2, -0.15) is 10.6 Å². The molecule has 22 heavy (non-hydrogen) atoms. The van der Waals surface area contributed by atoms with Crippen LogP contribution in [0.25, 0.3) is 11.1 Å². The average Bonchev–Trinajstić information content (AvgIpc) is 2.48. The number of hydrogen-bond donors (Lipinski definition) is 2. The standard InChI is InChI=1S/C17H20O4S/c1-3-21-17(18)12-22(19,20)16-10-8-15(9-11-16)14-6-4-13(2)5-7-14/h4-11,19-20H,3,12H2,1-2H3. The molecular weight excluding hydrogens is 300 g/mol. The highest BCUT2D eigenvalue weighted by molar-refractivity contribution is 8.24. The third kappa shape index (κ3) is 4.10. The van der Waals surface area contributed by atoms with Crippen molar-refractivity contribution < 1.29 is 18.6 Å². The Balaban J connectivity index is 2.17. The fourth-order valence-corrected chi connectivity index (χ4v) is 3.21. The summed E-state index contributed by atoms with van der Waals surface area (Å²) >= 11 is 0. The first-order chi connectivity index (χ1) is 10.4. The lowest BCUT2D eigenvalue weighted by Gasteiger charge is -2.31. The zero-order valence-corrected chi connectivity index (χ0v) is 13.5. The van der Waals surface area contributed by atoms with E-state index in [0.29, 0.717) is 4.90 Å². The van der Waals surface area contributed by atoms with Gasteiger partial charge in [0.15, 0.2) is 0 Å². The number of rotatable bonds is 5. The Labute approximate surface area is 132 Å².